The first-order valence-corrected chi connectivity index (χ1v) is 13.2. The summed E-state index contributed by atoms with van der Waals surface area (Å²) in [5.41, 5.74) is 0.804. The Hall–Kier alpha value is -2.18. The number of ether oxygens (including phenoxy) is 3. The summed E-state index contributed by atoms with van der Waals surface area (Å²) in [6.07, 6.45) is 0.646. The van der Waals surface area contributed by atoms with Gasteiger partial charge in [0.2, 0.25) is 20.0 Å². The number of hydrogen-bond donors (Lipinski definition) is 1. The third kappa shape index (κ3) is 5.78. The van der Waals surface area contributed by atoms with Crippen molar-refractivity contribution < 1.29 is 31.0 Å². The Bertz CT molecular complexity index is 1110. The van der Waals surface area contributed by atoms with Gasteiger partial charge in [0.25, 0.3) is 0 Å². The van der Waals surface area contributed by atoms with Crippen molar-refractivity contribution in [3.05, 3.63) is 48.0 Å². The topological polar surface area (TPSA) is 111 Å². The van der Waals surface area contributed by atoms with E-state index in [-0.39, 0.29) is 22.9 Å². The zero-order valence-electron chi connectivity index (χ0n) is 18.1. The number of hydrogen-bond acceptors (Lipinski definition) is 7. The molecule has 32 heavy (non-hydrogen) atoms. The molecule has 1 aliphatic heterocycles. The maximum Gasteiger partial charge on any atom is 0.243 e. The lowest BCUT2D eigenvalue weighted by Crippen LogP contribution is -2.40. The summed E-state index contributed by atoms with van der Waals surface area (Å²) in [5.74, 6) is 1.09. The largest absolute Gasteiger partial charge is 0.496 e. The number of benzene rings is 2. The summed E-state index contributed by atoms with van der Waals surface area (Å²) in [6, 6.07) is 10.8. The highest BCUT2D eigenvalue weighted by molar-refractivity contribution is 7.89. The van der Waals surface area contributed by atoms with Crippen molar-refractivity contribution in [2.24, 2.45) is 0 Å². The fraction of sp³-hybridized carbons (Fsp3) is 0.429. The van der Waals surface area contributed by atoms with Crippen LogP contribution in [0.3, 0.4) is 0 Å². The summed E-state index contributed by atoms with van der Waals surface area (Å²) in [4.78, 5) is 0.339. The number of nitrogens with one attached hydrogen (secondary N) is 1. The van der Waals surface area contributed by atoms with Gasteiger partial charge in [-0.05, 0) is 54.4 Å². The van der Waals surface area contributed by atoms with Crippen LogP contribution in [-0.4, -0.2) is 67.7 Å². The number of nitrogens with zero attached hydrogens (tertiary/aromatic N) is 1. The van der Waals surface area contributed by atoms with Gasteiger partial charge in [-0.3, -0.25) is 0 Å². The number of methoxy groups -OCH3 is 1. The van der Waals surface area contributed by atoms with E-state index in [1.165, 1.54) is 22.5 Å². The van der Waals surface area contributed by atoms with E-state index in [0.717, 1.165) is 5.56 Å². The van der Waals surface area contributed by atoms with Crippen molar-refractivity contribution in [2.75, 3.05) is 46.6 Å². The highest BCUT2D eigenvalue weighted by Gasteiger charge is 2.26. The third-order valence-corrected chi connectivity index (χ3v) is 8.41. The molecule has 2 aromatic rings. The molecular formula is C21H28N2O7S2. The Morgan fingerprint density at radius 2 is 1.66 bits per heavy atom. The van der Waals surface area contributed by atoms with Gasteiger partial charge in [-0.2, -0.15) is 4.31 Å². The summed E-state index contributed by atoms with van der Waals surface area (Å²) in [7, 11) is -5.71. The highest BCUT2D eigenvalue weighted by Crippen LogP contribution is 2.23. The number of aryl methyl sites for hydroxylation is 1. The summed E-state index contributed by atoms with van der Waals surface area (Å²) >= 11 is 0. The molecule has 3 rings (SSSR count). The molecule has 176 valence electrons. The molecule has 0 aromatic heterocycles. The molecule has 9 nitrogen and oxygen atoms in total. The second-order valence-electron chi connectivity index (χ2n) is 7.06. The third-order valence-electron chi connectivity index (χ3n) is 5.04. The van der Waals surface area contributed by atoms with Crippen LogP contribution in [0.4, 0.5) is 0 Å². The van der Waals surface area contributed by atoms with Crippen LogP contribution in [-0.2, 0) is 31.2 Å². The van der Waals surface area contributed by atoms with Crippen LogP contribution < -0.4 is 14.2 Å². The van der Waals surface area contributed by atoms with Gasteiger partial charge in [0.05, 0.1) is 30.1 Å². The Morgan fingerprint density at radius 3 is 2.28 bits per heavy atom. The molecular weight excluding hydrogens is 456 g/mol. The van der Waals surface area contributed by atoms with Crippen molar-refractivity contribution in [1.29, 1.82) is 0 Å². The van der Waals surface area contributed by atoms with E-state index in [0.29, 0.717) is 44.2 Å². The van der Waals surface area contributed by atoms with E-state index >= 15 is 0 Å². The smallest absolute Gasteiger partial charge is 0.243 e. The SMILES string of the molecule is CCc1cc(S(=O)(=O)NCCOc2ccc(S(=O)(=O)N3CCOCC3)cc2)ccc1OC. The first-order chi connectivity index (χ1) is 15.3. The van der Waals surface area contributed by atoms with Crippen molar-refractivity contribution >= 4 is 20.0 Å². The zero-order chi connectivity index (χ0) is 23.2. The molecule has 0 saturated carbocycles. The van der Waals surface area contributed by atoms with Crippen molar-refractivity contribution in [3.8, 4) is 11.5 Å². The lowest BCUT2D eigenvalue weighted by Gasteiger charge is -2.26. The molecule has 1 saturated heterocycles. The lowest BCUT2D eigenvalue weighted by atomic mass is 10.1. The van der Waals surface area contributed by atoms with Crippen molar-refractivity contribution in [3.63, 3.8) is 0 Å². The van der Waals surface area contributed by atoms with E-state index in [4.69, 9.17) is 14.2 Å². The fourth-order valence-corrected chi connectivity index (χ4v) is 5.74. The van der Waals surface area contributed by atoms with Crippen LogP contribution in [0.25, 0.3) is 0 Å². The molecule has 1 N–H and O–H groups in total. The first-order valence-electron chi connectivity index (χ1n) is 10.3. The lowest BCUT2D eigenvalue weighted by molar-refractivity contribution is 0.0730. The quantitative estimate of drug-likeness (QED) is 0.510. The van der Waals surface area contributed by atoms with E-state index in [9.17, 15) is 16.8 Å². The Morgan fingerprint density at radius 1 is 1.00 bits per heavy atom. The predicted molar refractivity (Wildman–Crippen MR) is 119 cm³/mol. The van der Waals surface area contributed by atoms with E-state index < -0.39 is 20.0 Å². The Labute approximate surface area is 189 Å². The molecule has 1 aliphatic rings. The fourth-order valence-electron chi connectivity index (χ4n) is 3.27. The molecule has 0 spiro atoms. The van der Waals surface area contributed by atoms with E-state index in [1.54, 1.807) is 31.4 Å². The van der Waals surface area contributed by atoms with Crippen molar-refractivity contribution in [1.82, 2.24) is 9.03 Å². The van der Waals surface area contributed by atoms with E-state index in [1.807, 2.05) is 6.92 Å². The molecule has 0 unspecified atom stereocenters. The minimum absolute atomic E-state index is 0.0592. The highest BCUT2D eigenvalue weighted by atomic mass is 32.2. The molecule has 1 fully saturated rings. The van der Waals surface area contributed by atoms with Crippen LogP contribution in [0.5, 0.6) is 11.5 Å². The van der Waals surface area contributed by atoms with E-state index in [2.05, 4.69) is 4.72 Å². The van der Waals surface area contributed by atoms with Crippen LogP contribution in [0.1, 0.15) is 12.5 Å². The molecule has 1 heterocycles. The van der Waals surface area contributed by atoms with Crippen LogP contribution >= 0.6 is 0 Å². The molecule has 2 aromatic carbocycles. The Balaban J connectivity index is 1.54. The molecule has 0 amide bonds. The van der Waals surface area contributed by atoms with Gasteiger partial charge in [0.1, 0.15) is 18.1 Å². The second kappa shape index (κ2) is 10.6. The van der Waals surface area contributed by atoms with Gasteiger partial charge >= 0.3 is 0 Å². The van der Waals surface area contributed by atoms with Gasteiger partial charge in [-0.1, -0.05) is 6.92 Å². The van der Waals surface area contributed by atoms with Crippen LogP contribution in [0.2, 0.25) is 0 Å². The van der Waals surface area contributed by atoms with Gasteiger partial charge in [-0.15, -0.1) is 0 Å². The second-order valence-corrected chi connectivity index (χ2v) is 10.8. The maximum atomic E-state index is 12.6. The number of morpholine rings is 1. The standard InChI is InChI=1S/C21H28N2O7S2/c1-3-17-16-20(8-9-21(17)28-2)31(24,25)22-10-13-30-18-4-6-19(7-5-18)32(26,27)23-11-14-29-15-12-23/h4-9,16,22H,3,10-15H2,1-2H3. The zero-order valence-corrected chi connectivity index (χ0v) is 19.7. The first kappa shape index (κ1) is 24.5. The number of sulfonamides is 2. The average molecular weight is 485 g/mol. The van der Waals surface area contributed by atoms with Gasteiger partial charge < -0.3 is 14.2 Å². The maximum absolute atomic E-state index is 12.6. The molecule has 0 bridgehead atoms. The summed E-state index contributed by atoms with van der Waals surface area (Å²) in [6.45, 7) is 3.49. The van der Waals surface area contributed by atoms with Crippen LogP contribution in [0.15, 0.2) is 52.3 Å². The molecule has 11 heteroatoms. The van der Waals surface area contributed by atoms with Crippen LogP contribution in [0, 0.1) is 0 Å². The number of rotatable bonds is 10. The van der Waals surface area contributed by atoms with Gasteiger partial charge in [0, 0.05) is 19.6 Å². The predicted octanol–water partition coefficient (Wildman–Crippen LogP) is 1.64. The van der Waals surface area contributed by atoms with Crippen molar-refractivity contribution in [2.45, 2.75) is 23.1 Å². The van der Waals surface area contributed by atoms with Gasteiger partial charge in [-0.25, -0.2) is 21.6 Å². The normalized spacial score (nSPS) is 15.4. The average Bonchev–Trinajstić information content (AvgIpc) is 2.82. The minimum atomic E-state index is -3.69. The molecule has 0 atom stereocenters. The monoisotopic (exact) mass is 484 g/mol. The minimum Gasteiger partial charge on any atom is -0.496 e. The molecule has 0 aliphatic carbocycles. The summed E-state index contributed by atoms with van der Waals surface area (Å²) < 4.78 is 70.2. The summed E-state index contributed by atoms with van der Waals surface area (Å²) in [5, 5.41) is 0. The Kier molecular flexibility index (Phi) is 8.12. The molecule has 0 radical (unpaired) electrons. The van der Waals surface area contributed by atoms with Gasteiger partial charge in [0.15, 0.2) is 0 Å².